The molecule has 0 saturated carbocycles. The molecule has 0 radical (unpaired) electrons. The fourth-order valence-corrected chi connectivity index (χ4v) is 3.97. The first-order valence-electron chi connectivity index (χ1n) is 6.08. The van der Waals surface area contributed by atoms with Crippen molar-refractivity contribution >= 4 is 27.7 Å². The standard InChI is InChI=1S/C14H15BrN2S/c1-9-14(15)10(2)17(16-9)7-11-8-18-13-6-4-3-5-12(11)13/h3-6,11H,7-8H2,1-2H3. The molecule has 0 fully saturated rings. The minimum atomic E-state index is 0.580. The monoisotopic (exact) mass is 322 g/mol. The molecule has 1 aliphatic heterocycles. The Balaban J connectivity index is 1.88. The van der Waals surface area contributed by atoms with Crippen LogP contribution in [0, 0.1) is 13.8 Å². The van der Waals surface area contributed by atoms with Gasteiger partial charge in [0.25, 0.3) is 0 Å². The van der Waals surface area contributed by atoms with Gasteiger partial charge in [-0.1, -0.05) is 18.2 Å². The third kappa shape index (κ3) is 2.01. The van der Waals surface area contributed by atoms with Crippen molar-refractivity contribution in [1.29, 1.82) is 0 Å². The molecule has 1 aromatic carbocycles. The van der Waals surface area contributed by atoms with Crippen LogP contribution in [0.4, 0.5) is 0 Å². The fourth-order valence-electron chi connectivity index (χ4n) is 2.44. The second-order valence-electron chi connectivity index (χ2n) is 4.71. The summed E-state index contributed by atoms with van der Waals surface area (Å²) in [6.07, 6.45) is 0. The van der Waals surface area contributed by atoms with Crippen molar-refractivity contribution in [2.24, 2.45) is 0 Å². The summed E-state index contributed by atoms with van der Waals surface area (Å²) in [5.41, 5.74) is 3.78. The van der Waals surface area contributed by atoms with Crippen LogP contribution in [0.25, 0.3) is 0 Å². The Morgan fingerprint density at radius 1 is 1.39 bits per heavy atom. The summed E-state index contributed by atoms with van der Waals surface area (Å²) in [5, 5.41) is 4.61. The molecule has 1 atom stereocenters. The smallest absolute Gasteiger partial charge is 0.0738 e. The van der Waals surface area contributed by atoms with E-state index in [1.165, 1.54) is 16.2 Å². The van der Waals surface area contributed by atoms with Gasteiger partial charge in [-0.2, -0.15) is 5.10 Å². The van der Waals surface area contributed by atoms with Gasteiger partial charge >= 0.3 is 0 Å². The average Bonchev–Trinajstić information content (AvgIpc) is 2.89. The summed E-state index contributed by atoms with van der Waals surface area (Å²) in [6, 6.07) is 8.72. The normalized spacial score (nSPS) is 18.1. The van der Waals surface area contributed by atoms with Crippen LogP contribution in [0.5, 0.6) is 0 Å². The number of halogens is 1. The van der Waals surface area contributed by atoms with Crippen molar-refractivity contribution in [2.75, 3.05) is 5.75 Å². The Morgan fingerprint density at radius 2 is 2.17 bits per heavy atom. The summed E-state index contributed by atoms with van der Waals surface area (Å²) in [6.45, 7) is 5.14. The van der Waals surface area contributed by atoms with Crippen LogP contribution in [0.3, 0.4) is 0 Å². The lowest BCUT2D eigenvalue weighted by Crippen LogP contribution is -2.11. The molecule has 3 rings (SSSR count). The predicted octanol–water partition coefficient (Wildman–Crippen LogP) is 4.15. The molecule has 94 valence electrons. The van der Waals surface area contributed by atoms with E-state index < -0.39 is 0 Å². The van der Waals surface area contributed by atoms with Crippen LogP contribution in [0.15, 0.2) is 33.6 Å². The van der Waals surface area contributed by atoms with Gasteiger partial charge in [0.1, 0.15) is 0 Å². The molecule has 1 unspecified atom stereocenters. The molecule has 18 heavy (non-hydrogen) atoms. The molecule has 0 saturated heterocycles. The molecule has 4 heteroatoms. The van der Waals surface area contributed by atoms with Gasteiger partial charge < -0.3 is 0 Å². The number of thioether (sulfide) groups is 1. The largest absolute Gasteiger partial charge is 0.268 e. The first-order chi connectivity index (χ1) is 8.66. The van der Waals surface area contributed by atoms with Crippen molar-refractivity contribution in [3.8, 4) is 0 Å². The number of fused-ring (bicyclic) bond motifs is 1. The quantitative estimate of drug-likeness (QED) is 0.826. The lowest BCUT2D eigenvalue weighted by Gasteiger charge is -2.12. The maximum Gasteiger partial charge on any atom is 0.0738 e. The SMILES string of the molecule is Cc1nn(CC2CSc3ccccc32)c(C)c1Br. The third-order valence-electron chi connectivity index (χ3n) is 3.49. The van der Waals surface area contributed by atoms with Crippen LogP contribution in [-0.4, -0.2) is 15.5 Å². The van der Waals surface area contributed by atoms with E-state index in [4.69, 9.17) is 0 Å². The van der Waals surface area contributed by atoms with E-state index >= 15 is 0 Å². The summed E-state index contributed by atoms with van der Waals surface area (Å²) in [7, 11) is 0. The summed E-state index contributed by atoms with van der Waals surface area (Å²) >= 11 is 5.55. The lowest BCUT2D eigenvalue weighted by atomic mass is 10.0. The van der Waals surface area contributed by atoms with E-state index in [1.807, 2.05) is 18.7 Å². The van der Waals surface area contributed by atoms with E-state index in [2.05, 4.69) is 56.9 Å². The van der Waals surface area contributed by atoms with Crippen molar-refractivity contribution < 1.29 is 0 Å². The highest BCUT2D eigenvalue weighted by Gasteiger charge is 2.24. The zero-order valence-corrected chi connectivity index (χ0v) is 12.9. The van der Waals surface area contributed by atoms with Crippen LogP contribution < -0.4 is 0 Å². The zero-order chi connectivity index (χ0) is 12.7. The van der Waals surface area contributed by atoms with E-state index in [0.717, 1.165) is 22.5 Å². The molecular weight excluding hydrogens is 308 g/mol. The third-order valence-corrected chi connectivity index (χ3v) is 5.88. The molecule has 1 aliphatic rings. The van der Waals surface area contributed by atoms with Crippen LogP contribution >= 0.6 is 27.7 Å². The molecular formula is C14H15BrN2S. The van der Waals surface area contributed by atoms with Gasteiger partial charge in [0, 0.05) is 28.8 Å². The molecule has 0 spiro atoms. The van der Waals surface area contributed by atoms with Crippen LogP contribution in [-0.2, 0) is 6.54 Å². The van der Waals surface area contributed by atoms with Gasteiger partial charge in [-0.25, -0.2) is 0 Å². The second-order valence-corrected chi connectivity index (χ2v) is 6.57. The number of aryl methyl sites for hydroxylation is 1. The molecule has 1 aromatic heterocycles. The number of nitrogens with zero attached hydrogens (tertiary/aromatic N) is 2. The predicted molar refractivity (Wildman–Crippen MR) is 79.3 cm³/mol. The summed E-state index contributed by atoms with van der Waals surface area (Å²) in [5.74, 6) is 1.74. The number of hydrogen-bond donors (Lipinski definition) is 0. The lowest BCUT2D eigenvalue weighted by molar-refractivity contribution is 0.534. The first kappa shape index (κ1) is 12.3. The number of rotatable bonds is 2. The Bertz CT molecular complexity index is 591. The van der Waals surface area contributed by atoms with Crippen molar-refractivity contribution in [2.45, 2.75) is 31.2 Å². The minimum Gasteiger partial charge on any atom is -0.268 e. The molecule has 0 amide bonds. The van der Waals surface area contributed by atoms with E-state index in [-0.39, 0.29) is 0 Å². The number of aromatic nitrogens is 2. The minimum absolute atomic E-state index is 0.580. The Kier molecular flexibility index (Phi) is 3.24. The first-order valence-corrected chi connectivity index (χ1v) is 7.86. The Labute approximate surface area is 120 Å². The van der Waals surface area contributed by atoms with Gasteiger partial charge in [0.15, 0.2) is 0 Å². The number of benzene rings is 1. The Morgan fingerprint density at radius 3 is 2.89 bits per heavy atom. The molecule has 2 aromatic rings. The molecule has 2 heterocycles. The topological polar surface area (TPSA) is 17.8 Å². The Hall–Kier alpha value is -0.740. The highest BCUT2D eigenvalue weighted by atomic mass is 79.9. The second kappa shape index (κ2) is 4.74. The maximum atomic E-state index is 4.61. The van der Waals surface area contributed by atoms with Gasteiger partial charge in [-0.15, -0.1) is 11.8 Å². The highest BCUT2D eigenvalue weighted by molar-refractivity contribution is 9.10. The number of hydrogen-bond acceptors (Lipinski definition) is 2. The van der Waals surface area contributed by atoms with Gasteiger partial charge in [0.05, 0.1) is 10.2 Å². The summed E-state index contributed by atoms with van der Waals surface area (Å²) in [4.78, 5) is 1.43. The van der Waals surface area contributed by atoms with Crippen LogP contribution in [0.2, 0.25) is 0 Å². The van der Waals surface area contributed by atoms with E-state index in [0.29, 0.717) is 5.92 Å². The van der Waals surface area contributed by atoms with Crippen LogP contribution in [0.1, 0.15) is 22.9 Å². The highest BCUT2D eigenvalue weighted by Crippen LogP contribution is 2.40. The van der Waals surface area contributed by atoms with E-state index in [1.54, 1.807) is 0 Å². The summed E-state index contributed by atoms with van der Waals surface area (Å²) < 4.78 is 3.27. The van der Waals surface area contributed by atoms with E-state index in [9.17, 15) is 0 Å². The average molecular weight is 323 g/mol. The molecule has 2 nitrogen and oxygen atoms in total. The molecule has 0 N–H and O–H groups in total. The molecule has 0 aliphatic carbocycles. The molecule has 0 bridgehead atoms. The van der Waals surface area contributed by atoms with Crippen molar-refractivity contribution in [3.05, 3.63) is 45.7 Å². The van der Waals surface area contributed by atoms with Gasteiger partial charge in [-0.3, -0.25) is 4.68 Å². The van der Waals surface area contributed by atoms with Gasteiger partial charge in [0.2, 0.25) is 0 Å². The zero-order valence-electron chi connectivity index (χ0n) is 10.5. The van der Waals surface area contributed by atoms with Crippen molar-refractivity contribution in [1.82, 2.24) is 9.78 Å². The van der Waals surface area contributed by atoms with Gasteiger partial charge in [-0.05, 0) is 41.4 Å². The fraction of sp³-hybridized carbons (Fsp3) is 0.357. The maximum absolute atomic E-state index is 4.61. The van der Waals surface area contributed by atoms with Crippen molar-refractivity contribution in [3.63, 3.8) is 0 Å².